The molecular formula is C13H26IN3OS. The van der Waals surface area contributed by atoms with Gasteiger partial charge in [0.25, 0.3) is 0 Å². The first-order chi connectivity index (χ1) is 8.69. The number of hydrogen-bond donors (Lipinski definition) is 2. The Hall–Kier alpha value is 0.310. The largest absolute Gasteiger partial charge is 0.381 e. The molecule has 2 aliphatic rings. The van der Waals surface area contributed by atoms with Crippen molar-refractivity contribution in [1.82, 2.24) is 10.6 Å². The van der Waals surface area contributed by atoms with Gasteiger partial charge in [0.05, 0.1) is 0 Å². The van der Waals surface area contributed by atoms with Gasteiger partial charge in [-0.2, -0.15) is 11.8 Å². The fourth-order valence-electron chi connectivity index (χ4n) is 2.33. The van der Waals surface area contributed by atoms with E-state index in [-0.39, 0.29) is 24.0 Å². The van der Waals surface area contributed by atoms with E-state index in [1.807, 2.05) is 18.8 Å². The summed E-state index contributed by atoms with van der Waals surface area (Å²) in [7, 11) is 1.85. The highest BCUT2D eigenvalue weighted by Gasteiger charge is 2.35. The summed E-state index contributed by atoms with van der Waals surface area (Å²) < 4.78 is 5.77. The topological polar surface area (TPSA) is 45.7 Å². The minimum atomic E-state index is 0. The van der Waals surface area contributed by atoms with E-state index in [0.29, 0.717) is 10.8 Å². The zero-order valence-corrected chi connectivity index (χ0v) is 15.2. The Balaban J connectivity index is 0.00000180. The second kappa shape index (κ2) is 7.93. The number of rotatable bonds is 4. The van der Waals surface area contributed by atoms with E-state index in [0.717, 1.165) is 44.5 Å². The SMILES string of the molecule is CN=C(NCC1(SC)CCOCC1)NC1CC1C.I. The lowest BCUT2D eigenvalue weighted by Gasteiger charge is -2.36. The van der Waals surface area contributed by atoms with E-state index < -0.39 is 0 Å². The lowest BCUT2D eigenvalue weighted by molar-refractivity contribution is 0.0783. The van der Waals surface area contributed by atoms with Crippen LogP contribution >= 0.6 is 35.7 Å². The van der Waals surface area contributed by atoms with Crippen LogP contribution in [0, 0.1) is 5.92 Å². The molecule has 19 heavy (non-hydrogen) atoms. The molecule has 1 heterocycles. The molecule has 2 unspecified atom stereocenters. The van der Waals surface area contributed by atoms with Crippen molar-refractivity contribution >= 4 is 41.7 Å². The first-order valence-corrected chi connectivity index (χ1v) is 8.02. The Bertz CT molecular complexity index is 308. The lowest BCUT2D eigenvalue weighted by Crippen LogP contribution is -2.48. The Labute approximate surface area is 137 Å². The number of ether oxygens (including phenoxy) is 1. The molecule has 1 saturated carbocycles. The van der Waals surface area contributed by atoms with E-state index in [1.54, 1.807) is 0 Å². The quantitative estimate of drug-likeness (QED) is 0.432. The number of guanidine groups is 1. The first-order valence-electron chi connectivity index (χ1n) is 6.79. The number of nitrogens with zero attached hydrogens (tertiary/aromatic N) is 1. The highest BCUT2D eigenvalue weighted by Crippen LogP contribution is 2.33. The average Bonchev–Trinajstić information content (AvgIpc) is 3.11. The molecule has 2 rings (SSSR count). The summed E-state index contributed by atoms with van der Waals surface area (Å²) in [5.41, 5.74) is 0. The van der Waals surface area contributed by atoms with Gasteiger partial charge in [0.15, 0.2) is 5.96 Å². The van der Waals surface area contributed by atoms with E-state index >= 15 is 0 Å². The molecule has 6 heteroatoms. The normalized spacial score (nSPS) is 29.3. The molecule has 0 aromatic carbocycles. The van der Waals surface area contributed by atoms with Crippen LogP contribution in [-0.4, -0.2) is 49.8 Å². The van der Waals surface area contributed by atoms with Crippen LogP contribution in [0.4, 0.5) is 0 Å². The number of hydrogen-bond acceptors (Lipinski definition) is 3. The van der Waals surface area contributed by atoms with E-state index in [2.05, 4.69) is 28.8 Å². The molecule has 0 radical (unpaired) electrons. The third-order valence-corrected chi connectivity index (χ3v) is 5.49. The maximum Gasteiger partial charge on any atom is 0.191 e. The van der Waals surface area contributed by atoms with Gasteiger partial charge in [0.1, 0.15) is 0 Å². The summed E-state index contributed by atoms with van der Waals surface area (Å²) in [6.07, 6.45) is 5.71. The summed E-state index contributed by atoms with van der Waals surface area (Å²) in [5, 5.41) is 6.95. The zero-order chi connectivity index (χ0) is 13.0. The summed E-state index contributed by atoms with van der Waals surface area (Å²) >= 11 is 1.96. The summed E-state index contributed by atoms with van der Waals surface area (Å²) in [5.74, 6) is 1.74. The monoisotopic (exact) mass is 399 g/mol. The molecule has 1 aliphatic carbocycles. The van der Waals surface area contributed by atoms with Gasteiger partial charge in [-0.15, -0.1) is 24.0 Å². The molecule has 4 nitrogen and oxygen atoms in total. The molecule has 0 bridgehead atoms. The van der Waals surface area contributed by atoms with Crippen molar-refractivity contribution < 1.29 is 4.74 Å². The Morgan fingerprint density at radius 2 is 2.05 bits per heavy atom. The predicted octanol–water partition coefficient (Wildman–Crippen LogP) is 2.09. The van der Waals surface area contributed by atoms with E-state index in [1.165, 1.54) is 6.42 Å². The van der Waals surface area contributed by atoms with Crippen molar-refractivity contribution in [3.05, 3.63) is 0 Å². The van der Waals surface area contributed by atoms with Crippen molar-refractivity contribution in [3.63, 3.8) is 0 Å². The van der Waals surface area contributed by atoms with Crippen LogP contribution in [-0.2, 0) is 4.74 Å². The number of thioether (sulfide) groups is 1. The van der Waals surface area contributed by atoms with Crippen LogP contribution in [0.5, 0.6) is 0 Å². The van der Waals surface area contributed by atoms with Crippen molar-refractivity contribution in [3.8, 4) is 0 Å². The number of nitrogens with one attached hydrogen (secondary N) is 2. The predicted molar refractivity (Wildman–Crippen MR) is 93.8 cm³/mol. The molecule has 112 valence electrons. The van der Waals surface area contributed by atoms with Gasteiger partial charge < -0.3 is 15.4 Å². The van der Waals surface area contributed by atoms with E-state index in [4.69, 9.17) is 4.74 Å². The third-order valence-electron chi connectivity index (χ3n) is 4.07. The van der Waals surface area contributed by atoms with Gasteiger partial charge in [-0.1, -0.05) is 6.92 Å². The summed E-state index contributed by atoms with van der Waals surface area (Å²) in [6.45, 7) is 5.01. The molecule has 2 N–H and O–H groups in total. The number of halogens is 1. The van der Waals surface area contributed by atoms with Crippen LogP contribution in [0.25, 0.3) is 0 Å². The molecule has 0 aromatic rings. The zero-order valence-electron chi connectivity index (χ0n) is 12.1. The average molecular weight is 399 g/mol. The molecule has 2 fully saturated rings. The molecule has 0 amide bonds. The van der Waals surface area contributed by atoms with Crippen molar-refractivity contribution in [2.75, 3.05) is 33.1 Å². The maximum atomic E-state index is 5.46. The molecular weight excluding hydrogens is 373 g/mol. The first kappa shape index (κ1) is 17.4. The minimum Gasteiger partial charge on any atom is -0.381 e. The van der Waals surface area contributed by atoms with Crippen molar-refractivity contribution in [2.45, 2.75) is 37.0 Å². The van der Waals surface area contributed by atoms with Gasteiger partial charge in [-0.25, -0.2) is 0 Å². The third kappa shape index (κ3) is 4.97. The molecule has 0 spiro atoms. The van der Waals surface area contributed by atoms with Gasteiger partial charge in [0, 0.05) is 37.6 Å². The van der Waals surface area contributed by atoms with Crippen molar-refractivity contribution in [2.24, 2.45) is 10.9 Å². The lowest BCUT2D eigenvalue weighted by atomic mass is 9.99. The van der Waals surface area contributed by atoms with Crippen LogP contribution in [0.1, 0.15) is 26.2 Å². The van der Waals surface area contributed by atoms with Gasteiger partial charge in [-0.05, 0) is 31.4 Å². The Kier molecular flexibility index (Phi) is 7.24. The standard InChI is InChI=1S/C13H25N3OS.HI/c1-10-8-11(10)16-12(14-2)15-9-13(18-3)4-6-17-7-5-13;/h10-11H,4-9H2,1-3H3,(H2,14,15,16);1H. The maximum absolute atomic E-state index is 5.46. The molecule has 1 aliphatic heterocycles. The van der Waals surface area contributed by atoms with Crippen LogP contribution in [0.2, 0.25) is 0 Å². The van der Waals surface area contributed by atoms with E-state index in [9.17, 15) is 0 Å². The van der Waals surface area contributed by atoms with Crippen LogP contribution < -0.4 is 10.6 Å². The highest BCUT2D eigenvalue weighted by atomic mass is 127. The Morgan fingerprint density at radius 3 is 2.53 bits per heavy atom. The molecule has 1 saturated heterocycles. The summed E-state index contributed by atoms with van der Waals surface area (Å²) in [6, 6.07) is 0.621. The van der Waals surface area contributed by atoms with Gasteiger partial charge >= 0.3 is 0 Å². The molecule has 0 aromatic heterocycles. The smallest absolute Gasteiger partial charge is 0.191 e. The second-order valence-electron chi connectivity index (χ2n) is 5.39. The van der Waals surface area contributed by atoms with Gasteiger partial charge in [0.2, 0.25) is 0 Å². The van der Waals surface area contributed by atoms with Gasteiger partial charge in [-0.3, -0.25) is 4.99 Å². The molecule has 2 atom stereocenters. The van der Waals surface area contributed by atoms with Crippen LogP contribution in [0.3, 0.4) is 0 Å². The Morgan fingerprint density at radius 1 is 1.42 bits per heavy atom. The minimum absolute atomic E-state index is 0. The fraction of sp³-hybridized carbons (Fsp3) is 0.923. The van der Waals surface area contributed by atoms with Crippen molar-refractivity contribution in [1.29, 1.82) is 0 Å². The highest BCUT2D eigenvalue weighted by molar-refractivity contribution is 14.0. The summed E-state index contributed by atoms with van der Waals surface area (Å²) in [4.78, 5) is 4.31. The number of aliphatic imine (C=N–C) groups is 1. The fourth-order valence-corrected chi connectivity index (χ4v) is 3.13. The van der Waals surface area contributed by atoms with Crippen LogP contribution in [0.15, 0.2) is 4.99 Å². The second-order valence-corrected chi connectivity index (χ2v) is 6.66.